The molecule has 4 saturated heterocycles. The fourth-order valence-electron chi connectivity index (χ4n) is 5.71. The van der Waals surface area contributed by atoms with E-state index in [9.17, 15) is 4.79 Å². The van der Waals surface area contributed by atoms with E-state index in [1.165, 1.54) is 17.5 Å². The smallest absolute Gasteiger partial charge is 0.253 e. The lowest BCUT2D eigenvalue weighted by molar-refractivity contribution is -0.0706. The number of methoxy groups -OCH3 is 1. The quantitative estimate of drug-likeness (QED) is 0.622. The Balaban J connectivity index is 1.42. The van der Waals surface area contributed by atoms with Crippen LogP contribution in [0.2, 0.25) is 0 Å². The van der Waals surface area contributed by atoms with Gasteiger partial charge in [-0.05, 0) is 54.7 Å². The molecule has 6 rings (SSSR count). The molecule has 0 aliphatic carbocycles. The fraction of sp³-hybridized carbons (Fsp3) is 0.444. The monoisotopic (exact) mass is 431 g/mol. The second-order valence-electron chi connectivity index (χ2n) is 9.28. The average molecular weight is 432 g/mol. The van der Waals surface area contributed by atoms with Gasteiger partial charge in [-0.2, -0.15) is 0 Å². The molecule has 32 heavy (non-hydrogen) atoms. The second-order valence-corrected chi connectivity index (χ2v) is 9.28. The van der Waals surface area contributed by atoms with Crippen LogP contribution >= 0.6 is 0 Å². The third kappa shape index (κ3) is 3.96. The molecule has 168 valence electrons. The van der Waals surface area contributed by atoms with Crippen LogP contribution < -0.4 is 4.74 Å². The van der Waals surface area contributed by atoms with Crippen molar-refractivity contribution in [3.8, 4) is 5.75 Å². The van der Waals surface area contributed by atoms with Crippen molar-refractivity contribution in [1.82, 2.24) is 14.7 Å². The summed E-state index contributed by atoms with van der Waals surface area (Å²) in [4.78, 5) is 20.0. The van der Waals surface area contributed by atoms with Gasteiger partial charge in [0.25, 0.3) is 5.91 Å². The van der Waals surface area contributed by atoms with E-state index in [1.807, 2.05) is 29.2 Å². The Bertz CT molecular complexity index is 955. The van der Waals surface area contributed by atoms with Crippen molar-refractivity contribution in [3.05, 3.63) is 77.9 Å². The van der Waals surface area contributed by atoms with Crippen LogP contribution in [0, 0.1) is 0 Å². The lowest BCUT2D eigenvalue weighted by atomic mass is 9.84. The third-order valence-electron chi connectivity index (χ3n) is 7.35. The molecule has 0 spiro atoms. The van der Waals surface area contributed by atoms with Gasteiger partial charge in [-0.25, -0.2) is 0 Å². The molecule has 0 N–H and O–H groups in total. The highest BCUT2D eigenvalue weighted by atomic mass is 16.5. The lowest BCUT2D eigenvalue weighted by Gasteiger charge is -2.57. The van der Waals surface area contributed by atoms with E-state index in [0.717, 1.165) is 56.9 Å². The Labute approximate surface area is 191 Å². The maximum absolute atomic E-state index is 12.8. The molecular formula is C27H33N3O2. The molecule has 2 aromatic rings. The summed E-state index contributed by atoms with van der Waals surface area (Å²) in [6.45, 7) is 8.75. The molecule has 3 unspecified atom stereocenters. The largest absolute Gasteiger partial charge is 0.497 e. The normalized spacial score (nSPS) is 24.1. The number of piperazine rings is 1. The number of hydrogen-bond acceptors (Lipinski definition) is 4. The van der Waals surface area contributed by atoms with Crippen LogP contribution in [0.3, 0.4) is 0 Å². The van der Waals surface area contributed by atoms with Crippen LogP contribution in [0.25, 0.3) is 0 Å². The van der Waals surface area contributed by atoms with Crippen LogP contribution in [-0.2, 0) is 0 Å². The van der Waals surface area contributed by atoms with Crippen molar-refractivity contribution in [2.45, 2.75) is 37.4 Å². The third-order valence-corrected chi connectivity index (χ3v) is 7.35. The minimum atomic E-state index is 0.150. The zero-order chi connectivity index (χ0) is 22.1. The summed E-state index contributed by atoms with van der Waals surface area (Å²) >= 11 is 0. The van der Waals surface area contributed by atoms with Crippen LogP contribution in [0.5, 0.6) is 5.75 Å². The molecule has 0 saturated carbocycles. The molecule has 2 aromatic carbocycles. The maximum Gasteiger partial charge on any atom is 0.253 e. The number of likely N-dealkylation sites (tertiary alicyclic amines) is 1. The van der Waals surface area contributed by atoms with E-state index in [2.05, 4.69) is 46.7 Å². The molecule has 5 nitrogen and oxygen atoms in total. The summed E-state index contributed by atoms with van der Waals surface area (Å²) in [5, 5.41) is 0. The van der Waals surface area contributed by atoms with Gasteiger partial charge in [0.2, 0.25) is 0 Å². The number of rotatable bonds is 7. The van der Waals surface area contributed by atoms with Crippen molar-refractivity contribution < 1.29 is 9.53 Å². The lowest BCUT2D eigenvalue weighted by Crippen LogP contribution is -2.68. The van der Waals surface area contributed by atoms with E-state index >= 15 is 0 Å². The fourth-order valence-corrected chi connectivity index (χ4v) is 5.71. The minimum Gasteiger partial charge on any atom is -0.497 e. The predicted molar refractivity (Wildman–Crippen MR) is 127 cm³/mol. The molecule has 4 heterocycles. The van der Waals surface area contributed by atoms with Crippen LogP contribution in [0.1, 0.15) is 46.8 Å². The van der Waals surface area contributed by atoms with Crippen molar-refractivity contribution in [1.29, 1.82) is 0 Å². The molecule has 4 fully saturated rings. The summed E-state index contributed by atoms with van der Waals surface area (Å²) in [6.07, 6.45) is 5.52. The summed E-state index contributed by atoms with van der Waals surface area (Å²) in [7, 11) is 1.72. The summed E-state index contributed by atoms with van der Waals surface area (Å²) in [6, 6.07) is 18.1. The number of carbonyl (C=O) groups is 1. The first-order valence-corrected chi connectivity index (χ1v) is 11.8. The molecular weight excluding hydrogens is 398 g/mol. The molecule has 0 aromatic heterocycles. The number of benzene rings is 2. The maximum atomic E-state index is 12.8. The number of nitrogens with zero attached hydrogens (tertiary/aromatic N) is 3. The SMILES string of the molecule is C=CCN1C2CC1CN(C(c1ccc(C(=O)N3CCCC3)cc1)c1cccc(OC)c1)C2. The van der Waals surface area contributed by atoms with E-state index in [-0.39, 0.29) is 11.9 Å². The van der Waals surface area contributed by atoms with E-state index < -0.39 is 0 Å². The molecule has 4 aliphatic rings. The van der Waals surface area contributed by atoms with Gasteiger partial charge in [0.05, 0.1) is 13.2 Å². The molecule has 3 atom stereocenters. The van der Waals surface area contributed by atoms with Gasteiger partial charge in [-0.1, -0.05) is 30.3 Å². The zero-order valence-electron chi connectivity index (χ0n) is 19.0. The number of hydrogen-bond donors (Lipinski definition) is 0. The van der Waals surface area contributed by atoms with Gasteiger partial charge in [0.1, 0.15) is 5.75 Å². The van der Waals surface area contributed by atoms with Crippen molar-refractivity contribution in [2.24, 2.45) is 0 Å². The first kappa shape index (κ1) is 21.2. The average Bonchev–Trinajstić information content (AvgIpc) is 3.38. The number of piperidine rings is 1. The van der Waals surface area contributed by atoms with Gasteiger partial charge >= 0.3 is 0 Å². The Hall–Kier alpha value is -2.63. The topological polar surface area (TPSA) is 36.0 Å². The van der Waals surface area contributed by atoms with Gasteiger partial charge < -0.3 is 9.64 Å². The van der Waals surface area contributed by atoms with E-state index in [4.69, 9.17) is 4.74 Å². The van der Waals surface area contributed by atoms with E-state index in [1.54, 1.807) is 7.11 Å². The minimum absolute atomic E-state index is 0.150. The standard InChI is InChI=1S/C27H33N3O2/c1-3-13-30-23-17-24(30)19-29(18-23)26(22-7-6-8-25(16-22)32-2)20-9-11-21(12-10-20)27(31)28-14-4-5-15-28/h3,6-12,16,23-24,26H,1,4-5,13-15,17-19H2,2H3. The summed E-state index contributed by atoms with van der Waals surface area (Å²) in [5.74, 6) is 1.04. The Morgan fingerprint density at radius 1 is 1.09 bits per heavy atom. The number of amides is 1. The molecule has 5 heteroatoms. The molecule has 1 amide bonds. The van der Waals surface area contributed by atoms with Crippen LogP contribution in [0.4, 0.5) is 0 Å². The van der Waals surface area contributed by atoms with Crippen molar-refractivity contribution in [3.63, 3.8) is 0 Å². The Morgan fingerprint density at radius 2 is 1.81 bits per heavy atom. The molecule has 2 bridgehead atoms. The Morgan fingerprint density at radius 3 is 2.47 bits per heavy atom. The van der Waals surface area contributed by atoms with Gasteiger partial charge in [0, 0.05) is 50.4 Å². The number of ether oxygens (including phenoxy) is 1. The van der Waals surface area contributed by atoms with Gasteiger partial charge in [-0.3, -0.25) is 14.6 Å². The highest BCUT2D eigenvalue weighted by Crippen LogP contribution is 2.39. The van der Waals surface area contributed by atoms with E-state index in [0.29, 0.717) is 12.1 Å². The van der Waals surface area contributed by atoms with Crippen molar-refractivity contribution in [2.75, 3.05) is 39.8 Å². The highest BCUT2D eigenvalue weighted by Gasteiger charge is 2.45. The van der Waals surface area contributed by atoms with Crippen LogP contribution in [0.15, 0.2) is 61.2 Å². The number of carbonyl (C=O) groups excluding carboxylic acids is 1. The van der Waals surface area contributed by atoms with Gasteiger partial charge in [-0.15, -0.1) is 6.58 Å². The summed E-state index contributed by atoms with van der Waals surface area (Å²) < 4.78 is 5.53. The zero-order valence-corrected chi connectivity index (χ0v) is 19.0. The predicted octanol–water partition coefficient (Wildman–Crippen LogP) is 3.97. The van der Waals surface area contributed by atoms with Crippen molar-refractivity contribution >= 4 is 5.91 Å². The summed E-state index contributed by atoms with van der Waals surface area (Å²) in [5.41, 5.74) is 3.26. The Kier molecular flexibility index (Phi) is 6.03. The van der Waals surface area contributed by atoms with Gasteiger partial charge in [0.15, 0.2) is 0 Å². The first-order valence-electron chi connectivity index (χ1n) is 11.8. The van der Waals surface area contributed by atoms with Crippen LogP contribution in [-0.4, -0.2) is 72.5 Å². The second kappa shape index (κ2) is 9.08. The molecule has 0 radical (unpaired) electrons. The highest BCUT2D eigenvalue weighted by molar-refractivity contribution is 5.94. The number of fused-ring (bicyclic) bond motifs is 2. The first-order chi connectivity index (χ1) is 15.7. The molecule has 4 aliphatic heterocycles.